The fraction of sp³-hybridized carbons (Fsp3) is 0.353. The van der Waals surface area contributed by atoms with Gasteiger partial charge < -0.3 is 10.8 Å². The van der Waals surface area contributed by atoms with E-state index in [9.17, 15) is 4.79 Å². The summed E-state index contributed by atoms with van der Waals surface area (Å²) in [5.74, 6) is -0.736. The number of carboxylic acids is 1. The summed E-state index contributed by atoms with van der Waals surface area (Å²) in [7, 11) is 0. The van der Waals surface area contributed by atoms with E-state index in [2.05, 4.69) is 31.2 Å². The van der Waals surface area contributed by atoms with E-state index in [-0.39, 0.29) is 12.5 Å². The van der Waals surface area contributed by atoms with Gasteiger partial charge in [0.05, 0.1) is 0 Å². The first-order valence-corrected chi connectivity index (χ1v) is 7.05. The Bertz CT molecular complexity index is 607. The molecule has 2 aromatic rings. The molecular weight excluding hydrogens is 250 g/mol. The minimum Gasteiger partial charge on any atom is -0.481 e. The van der Waals surface area contributed by atoms with Gasteiger partial charge in [-0.3, -0.25) is 4.79 Å². The second kappa shape index (κ2) is 6.53. The Labute approximate surface area is 119 Å². The number of rotatable bonds is 6. The number of fused-ring (bicyclic) bond motifs is 1. The standard InChI is InChI=1S/C17H21NO2/c1-12-10-11-13-6-2-3-7-14(13)17(12)15(18)8-4-5-9-16(19)20/h2-3,6-7,10-11,15H,4-5,8-9,18H2,1H3,(H,19,20). The normalized spacial score (nSPS) is 12.5. The Morgan fingerprint density at radius 3 is 2.70 bits per heavy atom. The SMILES string of the molecule is Cc1ccc2ccccc2c1C(N)CCCCC(=O)O. The molecule has 0 spiro atoms. The molecule has 0 fully saturated rings. The number of aryl methyl sites for hydroxylation is 1. The van der Waals surface area contributed by atoms with Crippen LogP contribution in [-0.4, -0.2) is 11.1 Å². The zero-order valence-electron chi connectivity index (χ0n) is 11.8. The Morgan fingerprint density at radius 1 is 1.20 bits per heavy atom. The van der Waals surface area contributed by atoms with Crippen LogP contribution in [0.3, 0.4) is 0 Å². The molecule has 0 saturated heterocycles. The van der Waals surface area contributed by atoms with Crippen LogP contribution in [0.15, 0.2) is 36.4 Å². The maximum absolute atomic E-state index is 10.5. The molecule has 1 unspecified atom stereocenters. The first-order valence-electron chi connectivity index (χ1n) is 7.05. The molecule has 2 rings (SSSR count). The number of carboxylic acid groups (broad SMARTS) is 1. The van der Waals surface area contributed by atoms with Gasteiger partial charge in [-0.15, -0.1) is 0 Å². The molecule has 3 N–H and O–H groups in total. The molecule has 0 saturated carbocycles. The Kier molecular flexibility index (Phi) is 4.74. The summed E-state index contributed by atoms with van der Waals surface area (Å²) in [6.07, 6.45) is 2.58. The molecule has 106 valence electrons. The summed E-state index contributed by atoms with van der Waals surface area (Å²) in [4.78, 5) is 10.5. The van der Waals surface area contributed by atoms with E-state index in [0.717, 1.165) is 12.8 Å². The predicted octanol–water partition coefficient (Wildman–Crippen LogP) is 3.79. The van der Waals surface area contributed by atoms with Crippen LogP contribution in [0.5, 0.6) is 0 Å². The molecule has 1 atom stereocenters. The van der Waals surface area contributed by atoms with Crippen molar-refractivity contribution in [1.82, 2.24) is 0 Å². The molecule has 0 bridgehead atoms. The number of benzene rings is 2. The Balaban J connectivity index is 2.15. The van der Waals surface area contributed by atoms with Crippen LogP contribution in [0, 0.1) is 6.92 Å². The van der Waals surface area contributed by atoms with Gasteiger partial charge in [0, 0.05) is 12.5 Å². The molecule has 0 amide bonds. The van der Waals surface area contributed by atoms with Crippen LogP contribution in [-0.2, 0) is 4.79 Å². The smallest absolute Gasteiger partial charge is 0.303 e. The summed E-state index contributed by atoms with van der Waals surface area (Å²) >= 11 is 0. The highest BCUT2D eigenvalue weighted by Crippen LogP contribution is 2.29. The second-order valence-corrected chi connectivity index (χ2v) is 5.26. The van der Waals surface area contributed by atoms with Gasteiger partial charge in [-0.1, -0.05) is 42.8 Å². The summed E-state index contributed by atoms with van der Waals surface area (Å²) < 4.78 is 0. The van der Waals surface area contributed by atoms with Gasteiger partial charge in [0.2, 0.25) is 0 Å². The number of unbranched alkanes of at least 4 members (excludes halogenated alkanes) is 1. The summed E-state index contributed by atoms with van der Waals surface area (Å²) in [6, 6.07) is 12.4. The Morgan fingerprint density at radius 2 is 1.95 bits per heavy atom. The zero-order valence-corrected chi connectivity index (χ0v) is 11.8. The topological polar surface area (TPSA) is 63.3 Å². The van der Waals surface area contributed by atoms with Crippen LogP contribution in [0.1, 0.15) is 42.9 Å². The van der Waals surface area contributed by atoms with Crippen molar-refractivity contribution in [3.05, 3.63) is 47.5 Å². The van der Waals surface area contributed by atoms with Crippen molar-refractivity contribution in [2.24, 2.45) is 5.73 Å². The molecule has 2 aromatic carbocycles. The second-order valence-electron chi connectivity index (χ2n) is 5.26. The summed E-state index contributed by atoms with van der Waals surface area (Å²) in [5, 5.41) is 11.1. The number of hydrogen-bond acceptors (Lipinski definition) is 2. The van der Waals surface area contributed by atoms with E-state index in [4.69, 9.17) is 10.8 Å². The average Bonchev–Trinajstić information content (AvgIpc) is 2.43. The van der Waals surface area contributed by atoms with E-state index in [1.165, 1.54) is 21.9 Å². The van der Waals surface area contributed by atoms with Gasteiger partial charge in [0.15, 0.2) is 0 Å². The van der Waals surface area contributed by atoms with Crippen molar-refractivity contribution in [3.8, 4) is 0 Å². The number of aliphatic carboxylic acids is 1. The molecule has 0 aliphatic carbocycles. The van der Waals surface area contributed by atoms with Gasteiger partial charge in [-0.05, 0) is 41.7 Å². The molecule has 0 aliphatic rings. The molecule has 0 heterocycles. The van der Waals surface area contributed by atoms with Crippen molar-refractivity contribution in [2.75, 3.05) is 0 Å². The lowest BCUT2D eigenvalue weighted by Crippen LogP contribution is -2.12. The third kappa shape index (κ3) is 3.36. The van der Waals surface area contributed by atoms with Crippen molar-refractivity contribution in [2.45, 2.75) is 38.6 Å². The fourth-order valence-electron chi connectivity index (χ4n) is 2.68. The molecule has 0 aromatic heterocycles. The van der Waals surface area contributed by atoms with Crippen molar-refractivity contribution in [1.29, 1.82) is 0 Å². The first kappa shape index (κ1) is 14.5. The highest BCUT2D eigenvalue weighted by atomic mass is 16.4. The predicted molar refractivity (Wildman–Crippen MR) is 81.7 cm³/mol. The summed E-state index contributed by atoms with van der Waals surface area (Å²) in [6.45, 7) is 2.08. The maximum Gasteiger partial charge on any atom is 0.303 e. The van der Waals surface area contributed by atoms with Crippen LogP contribution < -0.4 is 5.73 Å². The van der Waals surface area contributed by atoms with Crippen LogP contribution >= 0.6 is 0 Å². The van der Waals surface area contributed by atoms with Crippen molar-refractivity contribution < 1.29 is 9.90 Å². The van der Waals surface area contributed by atoms with E-state index in [1.807, 2.05) is 12.1 Å². The largest absolute Gasteiger partial charge is 0.481 e. The number of nitrogens with two attached hydrogens (primary N) is 1. The van der Waals surface area contributed by atoms with E-state index in [1.54, 1.807) is 0 Å². The van der Waals surface area contributed by atoms with Crippen LogP contribution in [0.25, 0.3) is 10.8 Å². The molecule has 0 aliphatic heterocycles. The van der Waals surface area contributed by atoms with Gasteiger partial charge in [-0.25, -0.2) is 0 Å². The van der Waals surface area contributed by atoms with Gasteiger partial charge in [-0.2, -0.15) is 0 Å². The first-order chi connectivity index (χ1) is 9.59. The van der Waals surface area contributed by atoms with Crippen molar-refractivity contribution in [3.63, 3.8) is 0 Å². The highest BCUT2D eigenvalue weighted by molar-refractivity contribution is 5.87. The Hall–Kier alpha value is -1.87. The third-order valence-electron chi connectivity index (χ3n) is 3.72. The molecule has 0 radical (unpaired) electrons. The minimum absolute atomic E-state index is 0.0325. The summed E-state index contributed by atoms with van der Waals surface area (Å²) in [5.41, 5.74) is 8.73. The van der Waals surface area contributed by atoms with Gasteiger partial charge in [0.1, 0.15) is 0 Å². The lowest BCUT2D eigenvalue weighted by atomic mass is 9.92. The lowest BCUT2D eigenvalue weighted by Gasteiger charge is -2.17. The van der Waals surface area contributed by atoms with E-state index < -0.39 is 5.97 Å². The highest BCUT2D eigenvalue weighted by Gasteiger charge is 2.12. The molecule has 3 nitrogen and oxygen atoms in total. The number of carbonyl (C=O) groups is 1. The van der Waals surface area contributed by atoms with E-state index >= 15 is 0 Å². The van der Waals surface area contributed by atoms with Crippen LogP contribution in [0.2, 0.25) is 0 Å². The molecule has 20 heavy (non-hydrogen) atoms. The fourth-order valence-corrected chi connectivity index (χ4v) is 2.68. The molecule has 3 heteroatoms. The van der Waals surface area contributed by atoms with Gasteiger partial charge >= 0.3 is 5.97 Å². The van der Waals surface area contributed by atoms with Crippen LogP contribution in [0.4, 0.5) is 0 Å². The third-order valence-corrected chi connectivity index (χ3v) is 3.72. The minimum atomic E-state index is -0.736. The molecular formula is C17H21NO2. The maximum atomic E-state index is 10.5. The number of hydrogen-bond donors (Lipinski definition) is 2. The van der Waals surface area contributed by atoms with Crippen molar-refractivity contribution >= 4 is 16.7 Å². The zero-order chi connectivity index (χ0) is 14.5. The van der Waals surface area contributed by atoms with Gasteiger partial charge in [0.25, 0.3) is 0 Å². The monoisotopic (exact) mass is 271 g/mol. The average molecular weight is 271 g/mol. The quantitative estimate of drug-likeness (QED) is 0.786. The van der Waals surface area contributed by atoms with E-state index in [0.29, 0.717) is 6.42 Å². The lowest BCUT2D eigenvalue weighted by molar-refractivity contribution is -0.137.